The number of rotatable bonds is 15. The summed E-state index contributed by atoms with van der Waals surface area (Å²) in [6.45, 7) is 4.62. The molecule has 0 N–H and O–H groups in total. The van der Waals surface area contributed by atoms with Gasteiger partial charge in [-0.3, -0.25) is 9.59 Å². The molecule has 222 valence electrons. The monoisotopic (exact) mass is 578 g/mol. The Morgan fingerprint density at radius 3 is 1.43 bits per heavy atom. The molecule has 0 aliphatic carbocycles. The van der Waals surface area contributed by atoms with Crippen molar-refractivity contribution in [2.75, 3.05) is 26.4 Å². The predicted molar refractivity (Wildman–Crippen MR) is 156 cm³/mol. The number of esters is 2. The molecule has 0 fully saturated rings. The van der Waals surface area contributed by atoms with Gasteiger partial charge in [0.05, 0.1) is 26.4 Å². The van der Waals surface area contributed by atoms with Crippen molar-refractivity contribution < 1.29 is 37.4 Å². The SMILES string of the molecule is CCOC(=O)c1cc(=O)c2c(OCCCCCCCCOc3cccc4oc(C(=O)OCC)cc(=O)c34)cccc2o1. The van der Waals surface area contributed by atoms with Crippen LogP contribution in [0.5, 0.6) is 11.5 Å². The number of ether oxygens (including phenoxy) is 4. The zero-order chi connectivity index (χ0) is 29.9. The minimum atomic E-state index is -0.679. The largest absolute Gasteiger partial charge is 0.493 e. The first-order valence-corrected chi connectivity index (χ1v) is 14.2. The van der Waals surface area contributed by atoms with Crippen LogP contribution in [0.15, 0.2) is 67.0 Å². The molecule has 0 bridgehead atoms. The molecule has 0 atom stereocenters. The van der Waals surface area contributed by atoms with Gasteiger partial charge in [-0.15, -0.1) is 0 Å². The summed E-state index contributed by atoms with van der Waals surface area (Å²) in [5.74, 6) is -0.779. The Balaban J connectivity index is 1.18. The molecule has 4 aromatic rings. The minimum Gasteiger partial charge on any atom is -0.493 e. The smallest absolute Gasteiger partial charge is 0.374 e. The second kappa shape index (κ2) is 14.9. The maximum Gasteiger partial charge on any atom is 0.374 e. The lowest BCUT2D eigenvalue weighted by Gasteiger charge is -2.10. The highest BCUT2D eigenvalue weighted by atomic mass is 16.5. The molecule has 0 radical (unpaired) electrons. The van der Waals surface area contributed by atoms with Gasteiger partial charge in [0.25, 0.3) is 0 Å². The quantitative estimate of drug-likeness (QED) is 0.121. The lowest BCUT2D eigenvalue weighted by atomic mass is 10.1. The molecule has 0 aliphatic rings. The molecule has 0 aliphatic heterocycles. The van der Waals surface area contributed by atoms with Gasteiger partial charge in [-0.05, 0) is 51.0 Å². The Morgan fingerprint density at radius 2 is 1.02 bits per heavy atom. The van der Waals surface area contributed by atoms with Crippen LogP contribution in [0, 0.1) is 0 Å². The number of hydrogen-bond acceptors (Lipinski definition) is 10. The highest BCUT2D eigenvalue weighted by Crippen LogP contribution is 2.25. The standard InChI is InChI=1S/C32H34O10/c1-3-37-31(35)27-19-21(33)29-23(13-11-15-25(29)41-27)39-17-9-7-5-6-8-10-18-40-24-14-12-16-26-30(24)22(34)20-28(42-26)32(36)38-4-2/h11-16,19-20H,3-10,17-18H2,1-2H3. The average Bonchev–Trinajstić information content (AvgIpc) is 2.98. The zero-order valence-electron chi connectivity index (χ0n) is 23.8. The number of hydrogen-bond donors (Lipinski definition) is 0. The molecule has 42 heavy (non-hydrogen) atoms. The van der Waals surface area contributed by atoms with E-state index in [0.29, 0.717) is 35.5 Å². The fraction of sp³-hybridized carbons (Fsp3) is 0.375. The summed E-state index contributed by atoms with van der Waals surface area (Å²) in [5.41, 5.74) is -0.169. The summed E-state index contributed by atoms with van der Waals surface area (Å²) in [7, 11) is 0. The zero-order valence-corrected chi connectivity index (χ0v) is 23.8. The third kappa shape index (κ3) is 7.57. The Hall–Kier alpha value is -4.60. The van der Waals surface area contributed by atoms with E-state index >= 15 is 0 Å². The number of fused-ring (bicyclic) bond motifs is 2. The lowest BCUT2D eigenvalue weighted by molar-refractivity contribution is 0.0482. The Bertz CT molecular complexity index is 1530. The van der Waals surface area contributed by atoms with Crippen LogP contribution in [-0.2, 0) is 9.47 Å². The van der Waals surface area contributed by atoms with Crippen molar-refractivity contribution in [3.63, 3.8) is 0 Å². The number of carbonyl (C=O) groups excluding carboxylic acids is 2. The third-order valence-corrected chi connectivity index (χ3v) is 6.44. The van der Waals surface area contributed by atoms with Gasteiger partial charge < -0.3 is 27.8 Å². The summed E-state index contributed by atoms with van der Waals surface area (Å²) in [6.07, 6.45) is 5.58. The molecule has 2 aromatic carbocycles. The van der Waals surface area contributed by atoms with Crippen molar-refractivity contribution in [1.29, 1.82) is 0 Å². The van der Waals surface area contributed by atoms with E-state index in [1.807, 2.05) is 0 Å². The van der Waals surface area contributed by atoms with Crippen molar-refractivity contribution in [2.24, 2.45) is 0 Å². The molecule has 10 nitrogen and oxygen atoms in total. The molecule has 0 amide bonds. The van der Waals surface area contributed by atoms with Crippen LogP contribution in [0.25, 0.3) is 21.9 Å². The van der Waals surface area contributed by atoms with Crippen LogP contribution >= 0.6 is 0 Å². The summed E-state index contributed by atoms with van der Waals surface area (Å²) < 4.78 is 32.7. The van der Waals surface area contributed by atoms with E-state index in [4.69, 9.17) is 27.8 Å². The van der Waals surface area contributed by atoms with E-state index < -0.39 is 11.9 Å². The normalized spacial score (nSPS) is 11.0. The molecule has 10 heteroatoms. The highest BCUT2D eigenvalue weighted by molar-refractivity contribution is 5.91. The van der Waals surface area contributed by atoms with Crippen molar-refractivity contribution in [3.8, 4) is 11.5 Å². The van der Waals surface area contributed by atoms with Crippen LogP contribution < -0.4 is 20.3 Å². The summed E-state index contributed by atoms with van der Waals surface area (Å²) in [5, 5.41) is 0.600. The van der Waals surface area contributed by atoms with E-state index in [1.165, 1.54) is 0 Å². The van der Waals surface area contributed by atoms with Gasteiger partial charge in [-0.25, -0.2) is 9.59 Å². The Morgan fingerprint density at radius 1 is 0.619 bits per heavy atom. The Labute approximate surface area is 242 Å². The first-order valence-electron chi connectivity index (χ1n) is 14.2. The molecule has 0 saturated carbocycles. The maximum atomic E-state index is 12.6. The average molecular weight is 579 g/mol. The molecular formula is C32H34O10. The topological polar surface area (TPSA) is 131 Å². The minimum absolute atomic E-state index is 0.135. The molecule has 0 unspecified atom stereocenters. The van der Waals surface area contributed by atoms with Gasteiger partial charge in [0.2, 0.25) is 11.5 Å². The van der Waals surface area contributed by atoms with Gasteiger partial charge in [0, 0.05) is 12.1 Å². The predicted octanol–water partition coefficient (Wildman–Crippen LogP) is 6.05. The van der Waals surface area contributed by atoms with Gasteiger partial charge in [-0.2, -0.15) is 0 Å². The van der Waals surface area contributed by atoms with Crippen LogP contribution in [0.3, 0.4) is 0 Å². The second-order valence-electron chi connectivity index (χ2n) is 9.47. The molecule has 0 spiro atoms. The molecule has 2 aromatic heterocycles. The summed E-state index contributed by atoms with van der Waals surface area (Å²) in [4.78, 5) is 49.1. The van der Waals surface area contributed by atoms with Gasteiger partial charge >= 0.3 is 11.9 Å². The molecule has 4 rings (SSSR count). The van der Waals surface area contributed by atoms with Crippen LogP contribution in [0.4, 0.5) is 0 Å². The van der Waals surface area contributed by atoms with Crippen molar-refractivity contribution in [3.05, 3.63) is 80.5 Å². The molecule has 0 saturated heterocycles. The van der Waals surface area contributed by atoms with E-state index in [1.54, 1.807) is 50.2 Å². The second-order valence-corrected chi connectivity index (χ2v) is 9.47. The highest BCUT2D eigenvalue weighted by Gasteiger charge is 2.17. The van der Waals surface area contributed by atoms with E-state index in [2.05, 4.69) is 0 Å². The first kappa shape index (κ1) is 30.4. The third-order valence-electron chi connectivity index (χ3n) is 6.44. The van der Waals surface area contributed by atoms with Crippen molar-refractivity contribution >= 4 is 33.9 Å². The van der Waals surface area contributed by atoms with E-state index in [-0.39, 0.29) is 46.8 Å². The van der Waals surface area contributed by atoms with Gasteiger partial charge in [0.1, 0.15) is 33.4 Å². The van der Waals surface area contributed by atoms with Crippen molar-refractivity contribution in [1.82, 2.24) is 0 Å². The first-order chi connectivity index (χ1) is 20.4. The van der Waals surface area contributed by atoms with Crippen LogP contribution in [0.2, 0.25) is 0 Å². The number of benzene rings is 2. The lowest BCUT2D eigenvalue weighted by Crippen LogP contribution is -2.11. The van der Waals surface area contributed by atoms with Crippen LogP contribution in [0.1, 0.15) is 73.5 Å². The molecule has 2 heterocycles. The number of carbonyl (C=O) groups is 2. The molecular weight excluding hydrogens is 544 g/mol. The Kier molecular flexibility index (Phi) is 10.7. The number of unbranched alkanes of at least 4 members (excludes halogenated alkanes) is 5. The van der Waals surface area contributed by atoms with Crippen LogP contribution in [-0.4, -0.2) is 38.4 Å². The van der Waals surface area contributed by atoms with E-state index in [0.717, 1.165) is 50.7 Å². The van der Waals surface area contributed by atoms with Gasteiger partial charge in [0.15, 0.2) is 10.9 Å². The summed E-state index contributed by atoms with van der Waals surface area (Å²) in [6, 6.07) is 12.3. The summed E-state index contributed by atoms with van der Waals surface area (Å²) >= 11 is 0. The van der Waals surface area contributed by atoms with Gasteiger partial charge in [-0.1, -0.05) is 37.8 Å². The van der Waals surface area contributed by atoms with Crippen molar-refractivity contribution in [2.45, 2.75) is 52.4 Å². The fourth-order valence-corrected chi connectivity index (χ4v) is 4.48. The maximum absolute atomic E-state index is 12.6. The van der Waals surface area contributed by atoms with E-state index in [9.17, 15) is 19.2 Å². The fourth-order valence-electron chi connectivity index (χ4n) is 4.48.